The number of halogens is 1. The van der Waals surface area contributed by atoms with E-state index in [2.05, 4.69) is 55.4 Å². The fraction of sp³-hybridized carbons (Fsp3) is 0.400. The first-order chi connectivity index (χ1) is 15.7. The van der Waals surface area contributed by atoms with E-state index in [0.717, 1.165) is 62.6 Å². The van der Waals surface area contributed by atoms with Gasteiger partial charge in [-0.2, -0.15) is 0 Å². The zero-order valence-electron chi connectivity index (χ0n) is 18.4. The van der Waals surface area contributed by atoms with Crippen molar-refractivity contribution in [2.45, 2.75) is 25.1 Å². The molecule has 2 unspecified atom stereocenters. The number of ether oxygens (including phenoxy) is 1. The van der Waals surface area contributed by atoms with E-state index in [1.165, 1.54) is 17.2 Å². The van der Waals surface area contributed by atoms with E-state index < -0.39 is 0 Å². The molecule has 1 aromatic heterocycles. The SMILES string of the molecule is CN=C(NCCc1c[nH]c2cc(F)ccc12)N1CC2OCCN(Cc3ccccc3)C2C1. The number of nitrogens with zero attached hydrogens (tertiary/aromatic N) is 3. The molecule has 5 rings (SSSR count). The van der Waals surface area contributed by atoms with Crippen LogP contribution in [-0.2, 0) is 17.7 Å². The van der Waals surface area contributed by atoms with E-state index >= 15 is 0 Å². The number of guanidine groups is 1. The Hall–Kier alpha value is -2.90. The molecule has 0 radical (unpaired) electrons. The predicted octanol–water partition coefficient (Wildman–Crippen LogP) is 3.01. The smallest absolute Gasteiger partial charge is 0.193 e. The van der Waals surface area contributed by atoms with E-state index in [0.29, 0.717) is 6.04 Å². The maximum Gasteiger partial charge on any atom is 0.193 e. The third-order valence-electron chi connectivity index (χ3n) is 6.56. The molecule has 2 aliphatic heterocycles. The summed E-state index contributed by atoms with van der Waals surface area (Å²) < 4.78 is 19.5. The highest BCUT2D eigenvalue weighted by molar-refractivity contribution is 5.83. The van der Waals surface area contributed by atoms with Crippen LogP contribution in [-0.4, -0.2) is 72.7 Å². The third kappa shape index (κ3) is 4.36. The standard InChI is InChI=1S/C25H30FN5O/c1-27-25(28-10-9-19-14-29-22-13-20(26)7-8-21(19)22)31-16-23-24(17-31)32-12-11-30(23)15-18-5-3-2-4-6-18/h2-8,13-14,23-24,29H,9-12,15-17H2,1H3,(H,27,28). The lowest BCUT2D eigenvalue weighted by Crippen LogP contribution is -2.50. The van der Waals surface area contributed by atoms with Gasteiger partial charge in [-0.25, -0.2) is 4.39 Å². The Morgan fingerprint density at radius 3 is 2.94 bits per heavy atom. The van der Waals surface area contributed by atoms with Gasteiger partial charge in [0.05, 0.1) is 18.8 Å². The second kappa shape index (κ2) is 9.30. The average Bonchev–Trinajstić information content (AvgIpc) is 3.42. The Morgan fingerprint density at radius 2 is 2.09 bits per heavy atom. The molecular formula is C25H30FN5O. The van der Waals surface area contributed by atoms with Crippen molar-refractivity contribution in [2.75, 3.05) is 39.8 Å². The van der Waals surface area contributed by atoms with Crippen molar-refractivity contribution >= 4 is 16.9 Å². The molecular weight excluding hydrogens is 405 g/mol. The van der Waals surface area contributed by atoms with E-state index in [1.807, 2.05) is 19.3 Å². The number of aliphatic imine (C=N–C) groups is 1. The van der Waals surface area contributed by atoms with Crippen LogP contribution in [0.15, 0.2) is 59.7 Å². The molecule has 168 valence electrons. The molecule has 2 aromatic carbocycles. The molecule has 0 spiro atoms. The molecule has 2 aliphatic rings. The first-order valence-corrected chi connectivity index (χ1v) is 11.3. The fourth-order valence-electron chi connectivity index (χ4n) is 4.95. The van der Waals surface area contributed by atoms with Gasteiger partial charge in [0.25, 0.3) is 0 Å². The summed E-state index contributed by atoms with van der Waals surface area (Å²) in [6.45, 7) is 5.20. The summed E-state index contributed by atoms with van der Waals surface area (Å²) in [5, 5.41) is 4.58. The second-order valence-corrected chi connectivity index (χ2v) is 8.57. The molecule has 7 heteroatoms. The van der Waals surface area contributed by atoms with Gasteiger partial charge in [0.2, 0.25) is 0 Å². The van der Waals surface area contributed by atoms with Gasteiger partial charge >= 0.3 is 0 Å². The van der Waals surface area contributed by atoms with Crippen molar-refractivity contribution < 1.29 is 9.13 Å². The Morgan fingerprint density at radius 1 is 1.22 bits per heavy atom. The second-order valence-electron chi connectivity index (χ2n) is 8.57. The van der Waals surface area contributed by atoms with Crippen molar-refractivity contribution in [3.05, 3.63) is 71.7 Å². The summed E-state index contributed by atoms with van der Waals surface area (Å²) in [5.41, 5.74) is 3.35. The van der Waals surface area contributed by atoms with Crippen LogP contribution in [0.25, 0.3) is 10.9 Å². The molecule has 2 fully saturated rings. The molecule has 2 saturated heterocycles. The van der Waals surface area contributed by atoms with E-state index in [9.17, 15) is 4.39 Å². The minimum atomic E-state index is -0.219. The van der Waals surface area contributed by atoms with Crippen LogP contribution in [0.5, 0.6) is 0 Å². The Bertz CT molecular complexity index is 1080. The van der Waals surface area contributed by atoms with Crippen molar-refractivity contribution in [2.24, 2.45) is 4.99 Å². The first-order valence-electron chi connectivity index (χ1n) is 11.3. The number of nitrogens with one attached hydrogen (secondary N) is 2. The molecule has 0 amide bonds. The maximum atomic E-state index is 13.4. The number of hydrogen-bond donors (Lipinski definition) is 2. The Kier molecular flexibility index (Phi) is 6.10. The van der Waals surface area contributed by atoms with E-state index in [1.54, 1.807) is 6.07 Å². The quantitative estimate of drug-likeness (QED) is 0.478. The van der Waals surface area contributed by atoms with Crippen LogP contribution in [0, 0.1) is 5.82 Å². The summed E-state index contributed by atoms with van der Waals surface area (Å²) in [6, 6.07) is 15.9. The van der Waals surface area contributed by atoms with Crippen molar-refractivity contribution in [3.8, 4) is 0 Å². The number of rotatable bonds is 5. The number of likely N-dealkylation sites (tertiary alicyclic amines) is 1. The molecule has 6 nitrogen and oxygen atoms in total. The van der Waals surface area contributed by atoms with Crippen molar-refractivity contribution in [1.29, 1.82) is 0 Å². The number of H-pyrrole nitrogens is 1. The highest BCUT2D eigenvalue weighted by Crippen LogP contribution is 2.25. The van der Waals surface area contributed by atoms with Crippen molar-refractivity contribution in [3.63, 3.8) is 0 Å². The van der Waals surface area contributed by atoms with Gasteiger partial charge in [-0.05, 0) is 35.7 Å². The highest BCUT2D eigenvalue weighted by Gasteiger charge is 2.41. The van der Waals surface area contributed by atoms with Gasteiger partial charge in [-0.15, -0.1) is 0 Å². The number of fused-ring (bicyclic) bond motifs is 2. The Labute approximate surface area is 188 Å². The zero-order valence-corrected chi connectivity index (χ0v) is 18.4. The van der Waals surface area contributed by atoms with Crippen LogP contribution in [0.3, 0.4) is 0 Å². The maximum absolute atomic E-state index is 13.4. The minimum absolute atomic E-state index is 0.203. The van der Waals surface area contributed by atoms with Gasteiger partial charge < -0.3 is 19.9 Å². The lowest BCUT2D eigenvalue weighted by Gasteiger charge is -2.36. The first kappa shape index (κ1) is 21.0. The van der Waals surface area contributed by atoms with Crippen LogP contribution < -0.4 is 5.32 Å². The molecule has 0 saturated carbocycles. The molecule has 32 heavy (non-hydrogen) atoms. The lowest BCUT2D eigenvalue weighted by atomic mass is 10.1. The topological polar surface area (TPSA) is 55.9 Å². The highest BCUT2D eigenvalue weighted by atomic mass is 19.1. The zero-order chi connectivity index (χ0) is 21.9. The van der Waals surface area contributed by atoms with Gasteiger partial charge in [-0.1, -0.05) is 30.3 Å². The summed E-state index contributed by atoms with van der Waals surface area (Å²) >= 11 is 0. The van der Waals surface area contributed by atoms with Crippen molar-refractivity contribution in [1.82, 2.24) is 20.1 Å². The number of morpholine rings is 1. The largest absolute Gasteiger partial charge is 0.373 e. The van der Waals surface area contributed by atoms with Crippen LogP contribution in [0.2, 0.25) is 0 Å². The summed E-state index contributed by atoms with van der Waals surface area (Å²) in [4.78, 5) is 12.5. The van der Waals surface area contributed by atoms with E-state index in [-0.39, 0.29) is 11.9 Å². The number of aromatic nitrogens is 1. The van der Waals surface area contributed by atoms with Crippen LogP contribution in [0.4, 0.5) is 4.39 Å². The number of aromatic amines is 1. The predicted molar refractivity (Wildman–Crippen MR) is 125 cm³/mol. The average molecular weight is 436 g/mol. The lowest BCUT2D eigenvalue weighted by molar-refractivity contribution is -0.0502. The molecule has 2 atom stereocenters. The molecule has 3 heterocycles. The molecule has 2 N–H and O–H groups in total. The van der Waals surface area contributed by atoms with Crippen LogP contribution >= 0.6 is 0 Å². The number of benzene rings is 2. The van der Waals surface area contributed by atoms with Gasteiger partial charge in [0.1, 0.15) is 5.82 Å². The monoisotopic (exact) mass is 435 g/mol. The normalized spacial score (nSPS) is 21.8. The summed E-state index contributed by atoms with van der Waals surface area (Å²) in [6.07, 6.45) is 3.01. The van der Waals surface area contributed by atoms with E-state index in [4.69, 9.17) is 4.74 Å². The van der Waals surface area contributed by atoms with Gasteiger partial charge in [-0.3, -0.25) is 9.89 Å². The number of hydrogen-bond acceptors (Lipinski definition) is 3. The third-order valence-corrected chi connectivity index (χ3v) is 6.56. The van der Waals surface area contributed by atoms with Gasteiger partial charge in [0.15, 0.2) is 5.96 Å². The fourth-order valence-corrected chi connectivity index (χ4v) is 4.95. The molecule has 3 aromatic rings. The van der Waals surface area contributed by atoms with Gasteiger partial charge in [0, 0.05) is 56.9 Å². The molecule has 0 bridgehead atoms. The summed E-state index contributed by atoms with van der Waals surface area (Å²) in [5.74, 6) is 0.692. The molecule has 0 aliphatic carbocycles. The van der Waals surface area contributed by atoms with Crippen LogP contribution in [0.1, 0.15) is 11.1 Å². The minimum Gasteiger partial charge on any atom is -0.373 e. The Balaban J connectivity index is 1.19. The summed E-state index contributed by atoms with van der Waals surface area (Å²) in [7, 11) is 1.83.